The minimum atomic E-state index is 0.677. The molecule has 2 saturated heterocycles. The molecule has 5 rings (SSSR count). The summed E-state index contributed by atoms with van der Waals surface area (Å²) in [7, 11) is 0. The number of H-pyrrole nitrogens is 1. The number of anilines is 1. The summed E-state index contributed by atoms with van der Waals surface area (Å²) in [5, 5.41) is 0. The first-order chi connectivity index (χ1) is 13.8. The van der Waals surface area contributed by atoms with Crippen LogP contribution in [0.4, 0.5) is 5.69 Å². The molecular formula is C23H29N5. The topological polar surface area (TPSA) is 38.4 Å². The Morgan fingerprint density at radius 1 is 0.893 bits per heavy atom. The Hall–Kier alpha value is -2.37. The molecule has 1 atom stereocenters. The summed E-state index contributed by atoms with van der Waals surface area (Å²) in [6, 6.07) is 19.8. The van der Waals surface area contributed by atoms with Gasteiger partial charge in [-0.2, -0.15) is 0 Å². The standard InChI is InChI=1S/C23H29N5/c1-2-7-19(8-3-1)27-13-15-28(16-14-27)20-9-6-12-26(17-20)18-23-24-21-10-4-5-11-22(21)25-23/h1-5,7-8,10-11,20H,6,9,12-18H2,(H,24,25)/t20-/m0/s1. The van der Waals surface area contributed by atoms with Gasteiger partial charge in [-0.05, 0) is 43.7 Å². The highest BCUT2D eigenvalue weighted by Crippen LogP contribution is 2.22. The van der Waals surface area contributed by atoms with Gasteiger partial charge in [-0.3, -0.25) is 9.80 Å². The van der Waals surface area contributed by atoms with Gasteiger partial charge in [-0.25, -0.2) is 4.98 Å². The number of imidazole rings is 1. The predicted octanol–water partition coefficient (Wildman–Crippen LogP) is 3.35. The van der Waals surface area contributed by atoms with Crippen LogP contribution in [-0.2, 0) is 6.54 Å². The van der Waals surface area contributed by atoms with E-state index in [1.165, 1.54) is 25.1 Å². The average molecular weight is 376 g/mol. The number of aromatic amines is 1. The highest BCUT2D eigenvalue weighted by atomic mass is 15.3. The molecule has 2 aliphatic rings. The van der Waals surface area contributed by atoms with E-state index in [4.69, 9.17) is 4.98 Å². The van der Waals surface area contributed by atoms with E-state index < -0.39 is 0 Å². The number of para-hydroxylation sites is 3. The molecule has 3 heterocycles. The molecule has 2 fully saturated rings. The van der Waals surface area contributed by atoms with Crippen molar-refractivity contribution >= 4 is 16.7 Å². The third-order valence-corrected chi connectivity index (χ3v) is 6.24. The van der Waals surface area contributed by atoms with E-state index in [-0.39, 0.29) is 0 Å². The van der Waals surface area contributed by atoms with Crippen molar-refractivity contribution in [2.75, 3.05) is 44.2 Å². The quantitative estimate of drug-likeness (QED) is 0.759. The minimum absolute atomic E-state index is 0.677. The summed E-state index contributed by atoms with van der Waals surface area (Å²) < 4.78 is 0. The van der Waals surface area contributed by atoms with Gasteiger partial charge >= 0.3 is 0 Å². The van der Waals surface area contributed by atoms with E-state index in [0.717, 1.165) is 56.1 Å². The van der Waals surface area contributed by atoms with Gasteiger partial charge in [0.15, 0.2) is 0 Å². The van der Waals surface area contributed by atoms with Crippen molar-refractivity contribution in [3.8, 4) is 0 Å². The fraction of sp³-hybridized carbons (Fsp3) is 0.435. The third-order valence-electron chi connectivity index (χ3n) is 6.24. The molecule has 5 nitrogen and oxygen atoms in total. The SMILES string of the molecule is c1ccc(N2CCN([C@H]3CCCN(Cc4nc5ccccc5[nH]4)C3)CC2)cc1. The zero-order chi connectivity index (χ0) is 18.8. The fourth-order valence-electron chi connectivity index (χ4n) is 4.75. The normalized spacial score (nSPS) is 22.0. The monoisotopic (exact) mass is 375 g/mol. The highest BCUT2D eigenvalue weighted by Gasteiger charge is 2.28. The maximum absolute atomic E-state index is 4.77. The fourth-order valence-corrected chi connectivity index (χ4v) is 4.75. The van der Waals surface area contributed by atoms with Crippen LogP contribution in [0.15, 0.2) is 54.6 Å². The Morgan fingerprint density at radius 2 is 1.68 bits per heavy atom. The lowest BCUT2D eigenvalue weighted by Gasteiger charge is -2.43. The lowest BCUT2D eigenvalue weighted by molar-refractivity contribution is 0.0875. The van der Waals surface area contributed by atoms with Gasteiger partial charge in [0, 0.05) is 44.5 Å². The van der Waals surface area contributed by atoms with Crippen LogP contribution >= 0.6 is 0 Å². The molecule has 5 heteroatoms. The Bertz CT molecular complexity index is 865. The summed E-state index contributed by atoms with van der Waals surface area (Å²) in [6.07, 6.45) is 2.60. The van der Waals surface area contributed by atoms with Gasteiger partial charge in [0.2, 0.25) is 0 Å². The first-order valence-electron chi connectivity index (χ1n) is 10.6. The summed E-state index contributed by atoms with van der Waals surface area (Å²) in [5.74, 6) is 1.09. The number of piperazine rings is 1. The molecule has 3 aromatic rings. The molecule has 146 valence electrons. The number of benzene rings is 2. The van der Waals surface area contributed by atoms with Crippen LogP contribution in [0.2, 0.25) is 0 Å². The second kappa shape index (κ2) is 7.94. The second-order valence-electron chi connectivity index (χ2n) is 8.09. The van der Waals surface area contributed by atoms with Crippen LogP contribution in [0.25, 0.3) is 11.0 Å². The van der Waals surface area contributed by atoms with Gasteiger partial charge in [-0.15, -0.1) is 0 Å². The molecule has 28 heavy (non-hydrogen) atoms. The lowest BCUT2D eigenvalue weighted by atomic mass is 10.0. The zero-order valence-corrected chi connectivity index (χ0v) is 16.4. The number of likely N-dealkylation sites (tertiary alicyclic amines) is 1. The molecule has 0 amide bonds. The summed E-state index contributed by atoms with van der Waals surface area (Å²) >= 11 is 0. The maximum atomic E-state index is 4.77. The lowest BCUT2D eigenvalue weighted by Crippen LogP contribution is -2.55. The smallest absolute Gasteiger partial charge is 0.121 e. The second-order valence-corrected chi connectivity index (χ2v) is 8.09. The molecule has 2 aliphatic heterocycles. The first kappa shape index (κ1) is 17.7. The summed E-state index contributed by atoms with van der Waals surface area (Å²) in [5.41, 5.74) is 3.57. The minimum Gasteiger partial charge on any atom is -0.369 e. The van der Waals surface area contributed by atoms with Crippen LogP contribution in [0.3, 0.4) is 0 Å². The Morgan fingerprint density at radius 3 is 2.50 bits per heavy atom. The number of aromatic nitrogens is 2. The van der Waals surface area contributed by atoms with Crippen LogP contribution in [0, 0.1) is 0 Å². The number of rotatable bonds is 4. The van der Waals surface area contributed by atoms with E-state index in [2.05, 4.69) is 74.3 Å². The number of hydrogen-bond acceptors (Lipinski definition) is 4. The molecule has 0 unspecified atom stereocenters. The zero-order valence-electron chi connectivity index (χ0n) is 16.4. The van der Waals surface area contributed by atoms with Crippen molar-refractivity contribution in [2.45, 2.75) is 25.4 Å². The molecule has 1 N–H and O–H groups in total. The summed E-state index contributed by atoms with van der Waals surface area (Å²) in [6.45, 7) is 7.85. The predicted molar refractivity (Wildman–Crippen MR) is 115 cm³/mol. The van der Waals surface area contributed by atoms with Crippen molar-refractivity contribution in [1.29, 1.82) is 0 Å². The molecule has 0 radical (unpaired) electrons. The van der Waals surface area contributed by atoms with Crippen LogP contribution in [0.5, 0.6) is 0 Å². The highest BCUT2D eigenvalue weighted by molar-refractivity contribution is 5.74. The average Bonchev–Trinajstić information content (AvgIpc) is 3.17. The number of nitrogens with zero attached hydrogens (tertiary/aromatic N) is 4. The van der Waals surface area contributed by atoms with Crippen LogP contribution in [-0.4, -0.2) is 65.1 Å². The molecular weight excluding hydrogens is 346 g/mol. The van der Waals surface area contributed by atoms with Gasteiger partial charge in [0.05, 0.1) is 17.6 Å². The number of hydrogen-bond donors (Lipinski definition) is 1. The molecule has 1 aromatic heterocycles. The van der Waals surface area contributed by atoms with Crippen molar-refractivity contribution in [3.63, 3.8) is 0 Å². The number of fused-ring (bicyclic) bond motifs is 1. The van der Waals surface area contributed by atoms with Gasteiger partial charge < -0.3 is 9.88 Å². The van der Waals surface area contributed by atoms with Crippen molar-refractivity contribution in [3.05, 3.63) is 60.4 Å². The maximum Gasteiger partial charge on any atom is 0.121 e. The Labute approximate surface area is 167 Å². The van der Waals surface area contributed by atoms with E-state index in [1.807, 2.05) is 0 Å². The Kier molecular flexibility index (Phi) is 5.02. The van der Waals surface area contributed by atoms with E-state index in [1.54, 1.807) is 0 Å². The van der Waals surface area contributed by atoms with Crippen molar-refractivity contribution in [2.24, 2.45) is 0 Å². The van der Waals surface area contributed by atoms with Crippen LogP contribution in [0.1, 0.15) is 18.7 Å². The van der Waals surface area contributed by atoms with Crippen molar-refractivity contribution in [1.82, 2.24) is 19.8 Å². The molecule has 0 aliphatic carbocycles. The van der Waals surface area contributed by atoms with E-state index in [9.17, 15) is 0 Å². The first-order valence-corrected chi connectivity index (χ1v) is 10.6. The van der Waals surface area contributed by atoms with Crippen LogP contribution < -0.4 is 4.90 Å². The molecule has 0 bridgehead atoms. The van der Waals surface area contributed by atoms with Gasteiger partial charge in [-0.1, -0.05) is 30.3 Å². The largest absolute Gasteiger partial charge is 0.369 e. The molecule has 0 saturated carbocycles. The van der Waals surface area contributed by atoms with Gasteiger partial charge in [0.25, 0.3) is 0 Å². The van der Waals surface area contributed by atoms with E-state index in [0.29, 0.717) is 6.04 Å². The number of nitrogens with one attached hydrogen (secondary N) is 1. The Balaban J connectivity index is 1.18. The molecule has 2 aromatic carbocycles. The summed E-state index contributed by atoms with van der Waals surface area (Å²) in [4.78, 5) is 16.1. The van der Waals surface area contributed by atoms with Crippen molar-refractivity contribution < 1.29 is 0 Å². The van der Waals surface area contributed by atoms with E-state index >= 15 is 0 Å². The third kappa shape index (κ3) is 3.77. The molecule has 0 spiro atoms. The number of piperidine rings is 1. The van der Waals surface area contributed by atoms with Gasteiger partial charge in [0.1, 0.15) is 5.82 Å².